The van der Waals surface area contributed by atoms with Gasteiger partial charge in [0.2, 0.25) is 0 Å². The number of halogens is 2. The van der Waals surface area contributed by atoms with E-state index in [-0.39, 0.29) is 14.9 Å². The van der Waals surface area contributed by atoms with Crippen molar-refractivity contribution in [1.82, 2.24) is 9.78 Å². The van der Waals surface area contributed by atoms with E-state index in [0.717, 1.165) is 4.68 Å². The van der Waals surface area contributed by atoms with Gasteiger partial charge < -0.3 is 4.74 Å². The molecule has 0 unspecified atom stereocenters. The van der Waals surface area contributed by atoms with Gasteiger partial charge in [0.15, 0.2) is 0 Å². The summed E-state index contributed by atoms with van der Waals surface area (Å²) in [5.74, 6) is 0.648. The van der Waals surface area contributed by atoms with Gasteiger partial charge in [0.1, 0.15) is 10.8 Å². The van der Waals surface area contributed by atoms with Crippen LogP contribution in [0.4, 0.5) is 5.69 Å². The fourth-order valence-corrected chi connectivity index (χ4v) is 3.67. The third kappa shape index (κ3) is 4.30. The molecule has 0 amide bonds. The first kappa shape index (κ1) is 20.2. The zero-order chi connectivity index (χ0) is 20.3. The van der Waals surface area contributed by atoms with E-state index in [9.17, 15) is 13.2 Å². The average Bonchev–Trinajstić information content (AvgIpc) is 2.68. The number of hydrogen-bond donors (Lipinski definition) is 1. The van der Waals surface area contributed by atoms with E-state index in [1.54, 1.807) is 24.3 Å². The zero-order valence-electron chi connectivity index (χ0n) is 14.6. The molecule has 0 aliphatic heterocycles. The molecule has 146 valence electrons. The summed E-state index contributed by atoms with van der Waals surface area (Å²) in [5, 5.41) is 3.78. The molecule has 3 rings (SSSR count). The number of rotatable bonds is 6. The maximum absolute atomic E-state index is 12.6. The molecule has 1 aromatic heterocycles. The lowest BCUT2D eigenvalue weighted by Gasteiger charge is -2.10. The number of nitrogens with zero attached hydrogens (tertiary/aromatic N) is 2. The first-order chi connectivity index (χ1) is 13.3. The van der Waals surface area contributed by atoms with E-state index in [1.165, 1.54) is 30.5 Å². The normalized spacial score (nSPS) is 11.2. The van der Waals surface area contributed by atoms with Gasteiger partial charge in [0.05, 0.1) is 28.4 Å². The van der Waals surface area contributed by atoms with Crippen molar-refractivity contribution < 1.29 is 13.2 Å². The molecular weight excluding hydrogens is 425 g/mol. The number of aromatic nitrogens is 2. The summed E-state index contributed by atoms with van der Waals surface area (Å²) in [6.45, 7) is 2.38. The summed E-state index contributed by atoms with van der Waals surface area (Å²) in [6, 6.07) is 12.2. The Morgan fingerprint density at radius 2 is 1.71 bits per heavy atom. The van der Waals surface area contributed by atoms with Gasteiger partial charge in [-0.05, 0) is 55.5 Å². The SMILES string of the molecule is CCOc1ccc(NS(=O)(=O)c2ccc(-n3ncc(Cl)c(Cl)c3=O)cc2)cc1. The Kier molecular flexibility index (Phi) is 5.93. The number of anilines is 1. The zero-order valence-corrected chi connectivity index (χ0v) is 16.9. The molecular formula is C18H15Cl2N3O4S. The minimum Gasteiger partial charge on any atom is -0.494 e. The van der Waals surface area contributed by atoms with Gasteiger partial charge in [-0.1, -0.05) is 23.2 Å². The van der Waals surface area contributed by atoms with Crippen LogP contribution in [0.2, 0.25) is 10.0 Å². The summed E-state index contributed by atoms with van der Waals surface area (Å²) in [5.41, 5.74) is 0.149. The van der Waals surface area contributed by atoms with Crippen LogP contribution < -0.4 is 15.0 Å². The van der Waals surface area contributed by atoms with E-state index in [0.29, 0.717) is 23.7 Å². The highest BCUT2D eigenvalue weighted by atomic mass is 35.5. The Morgan fingerprint density at radius 1 is 1.07 bits per heavy atom. The summed E-state index contributed by atoms with van der Waals surface area (Å²) >= 11 is 11.6. The Morgan fingerprint density at radius 3 is 2.32 bits per heavy atom. The van der Waals surface area contributed by atoms with Crippen LogP contribution in [-0.4, -0.2) is 24.8 Å². The molecule has 0 aliphatic carbocycles. The highest BCUT2D eigenvalue weighted by Gasteiger charge is 2.15. The smallest absolute Gasteiger partial charge is 0.291 e. The van der Waals surface area contributed by atoms with Crippen molar-refractivity contribution in [3.05, 3.63) is 75.1 Å². The maximum Gasteiger partial charge on any atom is 0.291 e. The number of sulfonamides is 1. The molecule has 2 aromatic carbocycles. The predicted octanol–water partition coefficient (Wildman–Crippen LogP) is 3.74. The lowest BCUT2D eigenvalue weighted by molar-refractivity contribution is 0.340. The molecule has 0 aliphatic rings. The fourth-order valence-electron chi connectivity index (χ4n) is 2.36. The van der Waals surface area contributed by atoms with Gasteiger partial charge >= 0.3 is 0 Å². The van der Waals surface area contributed by atoms with Gasteiger partial charge in [-0.3, -0.25) is 9.52 Å². The largest absolute Gasteiger partial charge is 0.494 e. The van der Waals surface area contributed by atoms with Crippen molar-refractivity contribution in [2.75, 3.05) is 11.3 Å². The van der Waals surface area contributed by atoms with E-state index in [2.05, 4.69) is 9.82 Å². The van der Waals surface area contributed by atoms with E-state index in [4.69, 9.17) is 27.9 Å². The average molecular weight is 440 g/mol. The monoisotopic (exact) mass is 439 g/mol. The fraction of sp³-hybridized carbons (Fsp3) is 0.111. The standard InChI is InChI=1S/C18H15Cl2N3O4S/c1-2-27-14-7-3-12(4-8-14)22-28(25,26)15-9-5-13(6-10-15)23-18(24)17(20)16(19)11-21-23/h3-11,22H,2H2,1H3. The molecule has 0 radical (unpaired) electrons. The molecule has 0 fully saturated rings. The van der Waals surface area contributed by atoms with Crippen LogP contribution in [0.3, 0.4) is 0 Å². The van der Waals surface area contributed by atoms with Crippen LogP contribution in [0.1, 0.15) is 6.92 Å². The quantitative estimate of drug-likeness (QED) is 0.631. The Labute approximate surface area is 171 Å². The van der Waals surface area contributed by atoms with E-state index >= 15 is 0 Å². The van der Waals surface area contributed by atoms with Gasteiger partial charge in [-0.25, -0.2) is 8.42 Å². The van der Waals surface area contributed by atoms with E-state index < -0.39 is 15.6 Å². The molecule has 7 nitrogen and oxygen atoms in total. The minimum atomic E-state index is -3.81. The van der Waals surface area contributed by atoms with Crippen LogP contribution >= 0.6 is 23.2 Å². The predicted molar refractivity (Wildman–Crippen MR) is 108 cm³/mol. The minimum absolute atomic E-state index is 0.0262. The Bertz CT molecular complexity index is 1140. The van der Waals surface area contributed by atoms with Crippen LogP contribution in [-0.2, 0) is 10.0 Å². The molecule has 28 heavy (non-hydrogen) atoms. The summed E-state index contributed by atoms with van der Waals surface area (Å²) < 4.78 is 34.0. The molecule has 0 atom stereocenters. The van der Waals surface area contributed by atoms with Crippen molar-refractivity contribution >= 4 is 38.9 Å². The first-order valence-electron chi connectivity index (χ1n) is 8.11. The van der Waals surface area contributed by atoms with Gasteiger partial charge in [0, 0.05) is 5.69 Å². The highest BCUT2D eigenvalue weighted by Crippen LogP contribution is 2.21. The van der Waals surface area contributed by atoms with Crippen molar-refractivity contribution in [3.8, 4) is 11.4 Å². The lowest BCUT2D eigenvalue weighted by atomic mass is 10.3. The van der Waals surface area contributed by atoms with Gasteiger partial charge in [-0.15, -0.1) is 0 Å². The number of nitrogens with one attached hydrogen (secondary N) is 1. The first-order valence-corrected chi connectivity index (χ1v) is 10.3. The summed E-state index contributed by atoms with van der Waals surface area (Å²) in [6.07, 6.45) is 1.24. The molecule has 0 spiro atoms. The summed E-state index contributed by atoms with van der Waals surface area (Å²) in [4.78, 5) is 12.2. The number of benzene rings is 2. The van der Waals surface area contributed by atoms with Crippen molar-refractivity contribution in [1.29, 1.82) is 0 Å². The maximum atomic E-state index is 12.6. The van der Waals surface area contributed by atoms with Crippen LogP contribution in [0.5, 0.6) is 5.75 Å². The second-order valence-electron chi connectivity index (χ2n) is 5.58. The van der Waals surface area contributed by atoms with Crippen LogP contribution in [0.25, 0.3) is 5.69 Å². The third-order valence-electron chi connectivity index (χ3n) is 3.69. The molecule has 1 N–H and O–H groups in total. The number of ether oxygens (including phenoxy) is 1. The van der Waals surface area contributed by atoms with E-state index in [1.807, 2.05) is 6.92 Å². The molecule has 0 saturated carbocycles. The molecule has 0 saturated heterocycles. The Balaban J connectivity index is 1.84. The van der Waals surface area contributed by atoms with Gasteiger partial charge in [0.25, 0.3) is 15.6 Å². The lowest BCUT2D eigenvalue weighted by Crippen LogP contribution is -2.21. The molecule has 10 heteroatoms. The molecule has 0 bridgehead atoms. The Hall–Kier alpha value is -2.55. The summed E-state index contributed by atoms with van der Waals surface area (Å²) in [7, 11) is -3.81. The highest BCUT2D eigenvalue weighted by molar-refractivity contribution is 7.92. The topological polar surface area (TPSA) is 90.3 Å². The van der Waals surface area contributed by atoms with Crippen LogP contribution in [0.15, 0.2) is 64.4 Å². The van der Waals surface area contributed by atoms with Crippen LogP contribution in [0, 0.1) is 0 Å². The second kappa shape index (κ2) is 8.22. The van der Waals surface area contributed by atoms with Crippen molar-refractivity contribution in [2.24, 2.45) is 0 Å². The third-order valence-corrected chi connectivity index (χ3v) is 5.83. The molecule has 1 heterocycles. The second-order valence-corrected chi connectivity index (χ2v) is 8.05. The number of hydrogen-bond acceptors (Lipinski definition) is 5. The van der Waals surface area contributed by atoms with Crippen molar-refractivity contribution in [3.63, 3.8) is 0 Å². The van der Waals surface area contributed by atoms with Gasteiger partial charge in [-0.2, -0.15) is 9.78 Å². The molecule has 3 aromatic rings. The van der Waals surface area contributed by atoms with Crippen molar-refractivity contribution in [2.45, 2.75) is 11.8 Å².